The monoisotopic (exact) mass is 427 g/mol. The van der Waals surface area contributed by atoms with Crippen LogP contribution in [0.1, 0.15) is 40.2 Å². The number of carbonyl (C=O) groups is 1. The van der Waals surface area contributed by atoms with Crippen molar-refractivity contribution in [3.05, 3.63) is 71.1 Å². The van der Waals surface area contributed by atoms with Gasteiger partial charge in [-0.2, -0.15) is 0 Å². The topological polar surface area (TPSA) is 106 Å². The number of nitrogens with two attached hydrogens (primary N) is 1. The third-order valence-corrected chi connectivity index (χ3v) is 5.81. The predicted molar refractivity (Wildman–Crippen MR) is 126 cm³/mol. The lowest BCUT2D eigenvalue weighted by atomic mass is 10.1. The van der Waals surface area contributed by atoms with Crippen molar-refractivity contribution in [3.8, 4) is 11.4 Å². The van der Waals surface area contributed by atoms with E-state index in [0.717, 1.165) is 54.0 Å². The maximum atomic E-state index is 11.9. The molecular formula is C25H25N5O2. The van der Waals surface area contributed by atoms with Crippen molar-refractivity contribution in [2.24, 2.45) is 5.73 Å². The number of nitrogens with zero attached hydrogens (tertiary/aromatic N) is 2. The van der Waals surface area contributed by atoms with E-state index in [-0.39, 0.29) is 0 Å². The zero-order valence-corrected chi connectivity index (χ0v) is 17.9. The lowest BCUT2D eigenvalue weighted by molar-refractivity contribution is 0.100. The van der Waals surface area contributed by atoms with Crippen LogP contribution < -0.4 is 16.4 Å². The first-order chi connectivity index (χ1) is 15.6. The Morgan fingerprint density at radius 2 is 1.97 bits per heavy atom. The van der Waals surface area contributed by atoms with Gasteiger partial charge in [0.1, 0.15) is 11.3 Å². The fourth-order valence-corrected chi connectivity index (χ4v) is 4.24. The fraction of sp³-hybridized carbons (Fsp3) is 0.240. The number of rotatable bonds is 5. The molecule has 0 radical (unpaired) electrons. The first kappa shape index (κ1) is 20.1. The average molecular weight is 428 g/mol. The van der Waals surface area contributed by atoms with E-state index in [2.05, 4.69) is 22.8 Å². The highest BCUT2D eigenvalue weighted by atomic mass is 16.3. The molecule has 0 aliphatic carbocycles. The highest BCUT2D eigenvalue weighted by Crippen LogP contribution is 2.37. The Kier molecular flexibility index (Phi) is 5.23. The predicted octanol–water partition coefficient (Wildman–Crippen LogP) is 4.66. The number of anilines is 2. The number of amides is 1. The Hall–Kier alpha value is -3.87. The summed E-state index contributed by atoms with van der Waals surface area (Å²) >= 11 is 0. The van der Waals surface area contributed by atoms with Crippen molar-refractivity contribution in [2.45, 2.75) is 32.7 Å². The molecule has 5 rings (SSSR count). The molecule has 4 N–H and O–H groups in total. The van der Waals surface area contributed by atoms with Gasteiger partial charge in [0.25, 0.3) is 5.91 Å². The summed E-state index contributed by atoms with van der Waals surface area (Å²) in [5.74, 6) is 1.49. The average Bonchev–Trinajstić information content (AvgIpc) is 2.96. The van der Waals surface area contributed by atoms with Gasteiger partial charge in [0, 0.05) is 18.5 Å². The molecular weight excluding hydrogens is 402 g/mol. The summed E-state index contributed by atoms with van der Waals surface area (Å²) < 4.78 is 5.97. The molecule has 1 aliphatic heterocycles. The fourth-order valence-electron chi connectivity index (χ4n) is 4.24. The quantitative estimate of drug-likeness (QED) is 0.428. The standard InChI is InChI=1S/C25H25N5O2/c1-15-20(17-10-7-11-18(23(26)31)22(17)32-15)24-29-19-12-5-6-13-27-21(19)25(30-24)28-14-16-8-3-2-4-9-16/h2-4,7-11,27H,5-6,12-14H2,1H3,(H2,26,31)(H,28,29,30). The first-order valence-corrected chi connectivity index (χ1v) is 10.9. The molecule has 7 nitrogen and oxygen atoms in total. The van der Waals surface area contributed by atoms with Gasteiger partial charge < -0.3 is 20.8 Å². The molecule has 0 bridgehead atoms. The number of aromatic nitrogens is 2. The molecule has 2 aromatic carbocycles. The van der Waals surface area contributed by atoms with Crippen LogP contribution in [-0.4, -0.2) is 22.4 Å². The summed E-state index contributed by atoms with van der Waals surface area (Å²) in [5.41, 5.74) is 10.3. The highest BCUT2D eigenvalue weighted by molar-refractivity contribution is 6.08. The number of hydrogen-bond donors (Lipinski definition) is 3. The molecule has 3 heterocycles. The molecule has 2 aromatic heterocycles. The number of primary amides is 1. The minimum absolute atomic E-state index is 0.357. The normalized spacial score (nSPS) is 13.3. The van der Waals surface area contributed by atoms with Crippen molar-refractivity contribution >= 4 is 28.4 Å². The van der Waals surface area contributed by atoms with Crippen LogP contribution >= 0.6 is 0 Å². The van der Waals surface area contributed by atoms with E-state index in [1.807, 2.05) is 31.2 Å². The molecule has 162 valence electrons. The molecule has 1 aliphatic rings. The Balaban J connectivity index is 1.63. The number of furan rings is 1. The summed E-state index contributed by atoms with van der Waals surface area (Å²) in [5, 5.41) is 7.79. The van der Waals surface area contributed by atoms with E-state index in [4.69, 9.17) is 20.1 Å². The summed E-state index contributed by atoms with van der Waals surface area (Å²) in [6.45, 7) is 3.41. The van der Waals surface area contributed by atoms with Gasteiger partial charge in [-0.3, -0.25) is 4.79 Å². The zero-order chi connectivity index (χ0) is 22.1. The van der Waals surface area contributed by atoms with Crippen molar-refractivity contribution < 1.29 is 9.21 Å². The summed E-state index contributed by atoms with van der Waals surface area (Å²) in [4.78, 5) is 21.7. The minimum atomic E-state index is -0.520. The van der Waals surface area contributed by atoms with Crippen molar-refractivity contribution in [3.63, 3.8) is 0 Å². The molecule has 0 atom stereocenters. The molecule has 1 amide bonds. The maximum Gasteiger partial charge on any atom is 0.252 e. The molecule has 4 aromatic rings. The Labute approximate surface area is 186 Å². The van der Waals surface area contributed by atoms with Gasteiger partial charge >= 0.3 is 0 Å². The lowest BCUT2D eigenvalue weighted by Gasteiger charge is -2.16. The highest BCUT2D eigenvalue weighted by Gasteiger charge is 2.23. The number of fused-ring (bicyclic) bond motifs is 2. The van der Waals surface area contributed by atoms with Crippen LogP contribution in [0.2, 0.25) is 0 Å². The van der Waals surface area contributed by atoms with Gasteiger partial charge in [-0.25, -0.2) is 9.97 Å². The number of nitrogens with one attached hydrogen (secondary N) is 2. The number of aryl methyl sites for hydroxylation is 2. The van der Waals surface area contributed by atoms with Crippen LogP contribution in [0, 0.1) is 6.92 Å². The van der Waals surface area contributed by atoms with Gasteiger partial charge in [0.2, 0.25) is 0 Å². The summed E-state index contributed by atoms with van der Waals surface area (Å²) in [6, 6.07) is 15.6. The Morgan fingerprint density at radius 3 is 2.78 bits per heavy atom. The first-order valence-electron chi connectivity index (χ1n) is 10.9. The van der Waals surface area contributed by atoms with Crippen LogP contribution in [0.4, 0.5) is 11.5 Å². The van der Waals surface area contributed by atoms with E-state index in [1.54, 1.807) is 12.1 Å². The largest absolute Gasteiger partial charge is 0.460 e. The van der Waals surface area contributed by atoms with Gasteiger partial charge in [-0.15, -0.1) is 0 Å². The molecule has 7 heteroatoms. The van der Waals surface area contributed by atoms with E-state index in [0.29, 0.717) is 29.3 Å². The van der Waals surface area contributed by atoms with Crippen molar-refractivity contribution in [2.75, 3.05) is 17.2 Å². The van der Waals surface area contributed by atoms with Crippen molar-refractivity contribution in [1.29, 1.82) is 0 Å². The smallest absolute Gasteiger partial charge is 0.252 e. The van der Waals surface area contributed by atoms with Crippen molar-refractivity contribution in [1.82, 2.24) is 9.97 Å². The van der Waals surface area contributed by atoms with Crippen LogP contribution in [0.3, 0.4) is 0 Å². The second-order valence-electron chi connectivity index (χ2n) is 8.02. The Morgan fingerprint density at radius 1 is 1.12 bits per heavy atom. The van der Waals surface area contributed by atoms with Gasteiger partial charge in [0.15, 0.2) is 11.6 Å². The van der Waals surface area contributed by atoms with E-state index < -0.39 is 5.91 Å². The van der Waals surface area contributed by atoms with E-state index >= 15 is 0 Å². The van der Waals surface area contributed by atoms with Gasteiger partial charge in [-0.1, -0.05) is 42.5 Å². The minimum Gasteiger partial charge on any atom is -0.460 e. The van der Waals surface area contributed by atoms with Crippen LogP contribution in [0.5, 0.6) is 0 Å². The lowest BCUT2D eigenvalue weighted by Crippen LogP contribution is -2.11. The van der Waals surface area contributed by atoms with Crippen LogP contribution in [0.15, 0.2) is 52.9 Å². The number of benzene rings is 2. The zero-order valence-electron chi connectivity index (χ0n) is 17.9. The molecule has 0 saturated carbocycles. The van der Waals surface area contributed by atoms with Crippen LogP contribution in [-0.2, 0) is 13.0 Å². The van der Waals surface area contributed by atoms with Crippen LogP contribution in [0.25, 0.3) is 22.4 Å². The number of carbonyl (C=O) groups excluding carboxylic acids is 1. The maximum absolute atomic E-state index is 11.9. The molecule has 0 spiro atoms. The van der Waals surface area contributed by atoms with Gasteiger partial charge in [-0.05, 0) is 37.8 Å². The summed E-state index contributed by atoms with van der Waals surface area (Å²) in [6.07, 6.45) is 3.02. The third kappa shape index (κ3) is 3.66. The molecule has 0 unspecified atom stereocenters. The second-order valence-corrected chi connectivity index (χ2v) is 8.02. The Bertz CT molecular complexity index is 1300. The molecule has 0 fully saturated rings. The van der Waals surface area contributed by atoms with Gasteiger partial charge in [0.05, 0.1) is 22.5 Å². The third-order valence-electron chi connectivity index (χ3n) is 5.81. The van der Waals surface area contributed by atoms with E-state index in [1.165, 1.54) is 5.56 Å². The number of para-hydroxylation sites is 1. The SMILES string of the molecule is Cc1oc2c(C(N)=O)cccc2c1-c1nc2c(c(NCc3ccccc3)n1)NCCCC2. The molecule has 0 saturated heterocycles. The summed E-state index contributed by atoms with van der Waals surface area (Å²) in [7, 11) is 0. The number of hydrogen-bond acceptors (Lipinski definition) is 6. The van der Waals surface area contributed by atoms with E-state index in [9.17, 15) is 4.79 Å². The molecule has 32 heavy (non-hydrogen) atoms. The second kappa shape index (κ2) is 8.34.